The number of benzene rings is 1. The van der Waals surface area contributed by atoms with Gasteiger partial charge in [-0.05, 0) is 45.4 Å². The third-order valence-electron chi connectivity index (χ3n) is 2.84. The lowest BCUT2D eigenvalue weighted by Crippen LogP contribution is -2.36. The van der Waals surface area contributed by atoms with Gasteiger partial charge in [0.1, 0.15) is 5.60 Å². The van der Waals surface area contributed by atoms with Crippen molar-refractivity contribution in [3.8, 4) is 11.5 Å². The summed E-state index contributed by atoms with van der Waals surface area (Å²) in [6.07, 6.45) is -0.308. The molecule has 5 heteroatoms. The first-order chi connectivity index (χ1) is 9.39. The van der Waals surface area contributed by atoms with Gasteiger partial charge in [-0.1, -0.05) is 6.07 Å². The molecule has 20 heavy (non-hydrogen) atoms. The number of amides is 1. The molecular weight excluding hydrogens is 258 g/mol. The molecule has 0 aromatic heterocycles. The number of hydrogen-bond donors (Lipinski definition) is 0. The Morgan fingerprint density at radius 2 is 2.00 bits per heavy atom. The molecule has 0 radical (unpaired) electrons. The normalized spacial score (nSPS) is 13.2. The highest BCUT2D eigenvalue weighted by Gasteiger charge is 2.22. The highest BCUT2D eigenvalue weighted by molar-refractivity contribution is 5.68. The van der Waals surface area contributed by atoms with Crippen LogP contribution in [0.25, 0.3) is 0 Å². The SMILES string of the molecule is CCN(Cc1ccc2c(c1)OCO2)C(=O)OC(C)(C)C. The predicted octanol–water partition coefficient (Wildman–Crippen LogP) is 3.17. The maximum Gasteiger partial charge on any atom is 0.410 e. The first-order valence-corrected chi connectivity index (χ1v) is 6.75. The number of fused-ring (bicyclic) bond motifs is 1. The minimum absolute atomic E-state index is 0.252. The van der Waals surface area contributed by atoms with E-state index in [1.165, 1.54) is 0 Å². The number of rotatable bonds is 3. The number of ether oxygens (including phenoxy) is 3. The lowest BCUT2D eigenvalue weighted by atomic mass is 10.2. The van der Waals surface area contributed by atoms with Crippen molar-refractivity contribution in [2.45, 2.75) is 39.8 Å². The fraction of sp³-hybridized carbons (Fsp3) is 0.533. The molecule has 0 fully saturated rings. The molecule has 0 bridgehead atoms. The van der Waals surface area contributed by atoms with Gasteiger partial charge in [-0.3, -0.25) is 0 Å². The van der Waals surface area contributed by atoms with Crippen LogP contribution >= 0.6 is 0 Å². The Kier molecular flexibility index (Phi) is 4.06. The summed E-state index contributed by atoms with van der Waals surface area (Å²) in [5.74, 6) is 1.47. The van der Waals surface area contributed by atoms with E-state index in [4.69, 9.17) is 14.2 Å². The molecular formula is C15H21NO4. The second-order valence-electron chi connectivity index (χ2n) is 5.68. The summed E-state index contributed by atoms with van der Waals surface area (Å²) in [4.78, 5) is 13.7. The van der Waals surface area contributed by atoms with Gasteiger partial charge in [-0.15, -0.1) is 0 Å². The van der Waals surface area contributed by atoms with E-state index in [0.29, 0.717) is 13.1 Å². The summed E-state index contributed by atoms with van der Waals surface area (Å²) < 4.78 is 16.0. The third kappa shape index (κ3) is 3.56. The molecule has 1 aromatic carbocycles. The summed E-state index contributed by atoms with van der Waals surface area (Å²) in [5.41, 5.74) is 0.501. The predicted molar refractivity (Wildman–Crippen MR) is 74.9 cm³/mol. The Morgan fingerprint density at radius 3 is 2.65 bits per heavy atom. The first kappa shape index (κ1) is 14.5. The molecule has 5 nitrogen and oxygen atoms in total. The Balaban J connectivity index is 2.04. The zero-order valence-electron chi connectivity index (χ0n) is 12.4. The van der Waals surface area contributed by atoms with E-state index in [1.54, 1.807) is 4.90 Å². The summed E-state index contributed by atoms with van der Waals surface area (Å²) >= 11 is 0. The van der Waals surface area contributed by atoms with Crippen LogP contribution in [-0.4, -0.2) is 29.9 Å². The molecule has 0 saturated carbocycles. The zero-order chi connectivity index (χ0) is 14.8. The minimum atomic E-state index is -0.487. The van der Waals surface area contributed by atoms with Crippen LogP contribution in [0.2, 0.25) is 0 Å². The second kappa shape index (κ2) is 5.61. The topological polar surface area (TPSA) is 48.0 Å². The Hall–Kier alpha value is -1.91. The van der Waals surface area contributed by atoms with Gasteiger partial charge in [0.15, 0.2) is 11.5 Å². The summed E-state index contributed by atoms with van der Waals surface area (Å²) in [7, 11) is 0. The van der Waals surface area contributed by atoms with Gasteiger partial charge >= 0.3 is 6.09 Å². The van der Waals surface area contributed by atoms with Gasteiger partial charge in [-0.25, -0.2) is 4.79 Å². The monoisotopic (exact) mass is 279 g/mol. The number of carbonyl (C=O) groups is 1. The Labute approximate surface area is 119 Å². The molecule has 1 aromatic rings. The van der Waals surface area contributed by atoms with Gasteiger partial charge < -0.3 is 19.1 Å². The van der Waals surface area contributed by atoms with E-state index in [2.05, 4.69) is 0 Å². The van der Waals surface area contributed by atoms with Gasteiger partial charge in [0.2, 0.25) is 6.79 Å². The Morgan fingerprint density at radius 1 is 1.30 bits per heavy atom. The molecule has 2 rings (SSSR count). The van der Waals surface area contributed by atoms with Crippen molar-refractivity contribution >= 4 is 6.09 Å². The Bertz CT molecular complexity index is 493. The number of carbonyl (C=O) groups excluding carboxylic acids is 1. The fourth-order valence-electron chi connectivity index (χ4n) is 1.89. The van der Waals surface area contributed by atoms with Gasteiger partial charge in [0.05, 0.1) is 0 Å². The number of nitrogens with zero attached hydrogens (tertiary/aromatic N) is 1. The minimum Gasteiger partial charge on any atom is -0.454 e. The summed E-state index contributed by atoms with van der Waals surface area (Å²) in [5, 5.41) is 0. The van der Waals surface area contributed by atoms with Crippen molar-refractivity contribution in [2.24, 2.45) is 0 Å². The molecule has 1 amide bonds. The van der Waals surface area contributed by atoms with Crippen LogP contribution in [0.3, 0.4) is 0 Å². The zero-order valence-corrected chi connectivity index (χ0v) is 12.4. The maximum absolute atomic E-state index is 12.1. The third-order valence-corrected chi connectivity index (χ3v) is 2.84. The molecule has 0 N–H and O–H groups in total. The van der Waals surface area contributed by atoms with Crippen LogP contribution in [0.4, 0.5) is 4.79 Å². The number of hydrogen-bond acceptors (Lipinski definition) is 4. The molecule has 0 aliphatic carbocycles. The molecule has 0 atom stereocenters. The lowest BCUT2D eigenvalue weighted by Gasteiger charge is -2.26. The van der Waals surface area contributed by atoms with E-state index < -0.39 is 5.60 Å². The van der Waals surface area contributed by atoms with Crippen LogP contribution < -0.4 is 9.47 Å². The molecule has 0 saturated heterocycles. The van der Waals surface area contributed by atoms with Crippen molar-refractivity contribution in [1.29, 1.82) is 0 Å². The van der Waals surface area contributed by atoms with Gasteiger partial charge in [0, 0.05) is 13.1 Å². The smallest absolute Gasteiger partial charge is 0.410 e. The standard InChI is InChI=1S/C15H21NO4/c1-5-16(14(17)20-15(2,3)4)9-11-6-7-12-13(8-11)19-10-18-12/h6-8H,5,9-10H2,1-4H3. The average Bonchev–Trinajstić information content (AvgIpc) is 2.80. The summed E-state index contributed by atoms with van der Waals surface area (Å²) in [6, 6.07) is 5.69. The molecule has 1 heterocycles. The van der Waals surface area contributed by atoms with Crippen LogP contribution in [0.15, 0.2) is 18.2 Å². The average molecular weight is 279 g/mol. The van der Waals surface area contributed by atoms with Crippen molar-refractivity contribution in [3.05, 3.63) is 23.8 Å². The highest BCUT2D eigenvalue weighted by atomic mass is 16.7. The second-order valence-corrected chi connectivity index (χ2v) is 5.68. The van der Waals surface area contributed by atoms with Crippen molar-refractivity contribution in [1.82, 2.24) is 4.90 Å². The lowest BCUT2D eigenvalue weighted by molar-refractivity contribution is 0.0244. The van der Waals surface area contributed by atoms with Crippen molar-refractivity contribution in [3.63, 3.8) is 0 Å². The summed E-state index contributed by atoms with van der Waals surface area (Å²) in [6.45, 7) is 8.84. The van der Waals surface area contributed by atoms with Gasteiger partial charge in [0.25, 0.3) is 0 Å². The molecule has 1 aliphatic rings. The first-order valence-electron chi connectivity index (χ1n) is 6.75. The van der Waals surface area contributed by atoms with Gasteiger partial charge in [-0.2, -0.15) is 0 Å². The van der Waals surface area contributed by atoms with Crippen molar-refractivity contribution < 1.29 is 19.0 Å². The van der Waals surface area contributed by atoms with Crippen LogP contribution in [0, 0.1) is 0 Å². The molecule has 110 valence electrons. The molecule has 1 aliphatic heterocycles. The van der Waals surface area contributed by atoms with Crippen LogP contribution in [0.5, 0.6) is 11.5 Å². The van der Waals surface area contributed by atoms with E-state index in [9.17, 15) is 4.79 Å². The quantitative estimate of drug-likeness (QED) is 0.852. The molecule has 0 unspecified atom stereocenters. The van der Waals surface area contributed by atoms with E-state index in [1.807, 2.05) is 45.9 Å². The van der Waals surface area contributed by atoms with E-state index >= 15 is 0 Å². The fourth-order valence-corrected chi connectivity index (χ4v) is 1.89. The van der Waals surface area contributed by atoms with Crippen molar-refractivity contribution in [2.75, 3.05) is 13.3 Å². The van der Waals surface area contributed by atoms with E-state index in [-0.39, 0.29) is 12.9 Å². The maximum atomic E-state index is 12.1. The van der Waals surface area contributed by atoms with Crippen LogP contribution in [-0.2, 0) is 11.3 Å². The van der Waals surface area contributed by atoms with E-state index in [0.717, 1.165) is 17.1 Å². The largest absolute Gasteiger partial charge is 0.454 e. The highest BCUT2D eigenvalue weighted by Crippen LogP contribution is 2.32. The molecule has 0 spiro atoms. The van der Waals surface area contributed by atoms with Crippen LogP contribution in [0.1, 0.15) is 33.3 Å².